The number of amides is 1. The molecule has 1 atom stereocenters. The summed E-state index contributed by atoms with van der Waals surface area (Å²) >= 11 is 0. The van der Waals surface area contributed by atoms with E-state index < -0.39 is 5.91 Å². The zero-order valence-electron chi connectivity index (χ0n) is 12.1. The molecule has 4 N–H and O–H groups in total. The molecule has 1 fully saturated rings. The molecule has 20 heavy (non-hydrogen) atoms. The second kappa shape index (κ2) is 6.75. The summed E-state index contributed by atoms with van der Waals surface area (Å²) in [5.74, 6) is 0.705. The number of ether oxygens (including phenoxy) is 1. The maximum Gasteiger partial charge on any atom is 0.252 e. The van der Waals surface area contributed by atoms with E-state index in [9.17, 15) is 4.79 Å². The summed E-state index contributed by atoms with van der Waals surface area (Å²) in [6, 6.07) is 5.32. The van der Waals surface area contributed by atoms with Crippen LogP contribution in [0, 0.1) is 5.92 Å². The Kier molecular flexibility index (Phi) is 5.01. The molecule has 0 bridgehead atoms. The molecule has 1 aliphatic carbocycles. The van der Waals surface area contributed by atoms with Crippen molar-refractivity contribution in [3.8, 4) is 5.75 Å². The van der Waals surface area contributed by atoms with Gasteiger partial charge in [0.1, 0.15) is 5.75 Å². The first-order valence-electron chi connectivity index (χ1n) is 7.40. The van der Waals surface area contributed by atoms with Gasteiger partial charge in [-0.25, -0.2) is 0 Å². The van der Waals surface area contributed by atoms with Crippen molar-refractivity contribution >= 4 is 5.91 Å². The summed E-state index contributed by atoms with van der Waals surface area (Å²) in [5.41, 5.74) is 12.6. The SMILES string of the molecule is CC(N)c1ccc(OCC2CCCCC2)c(C(N)=O)c1. The van der Waals surface area contributed by atoms with Gasteiger partial charge in [-0.05, 0) is 43.4 Å². The van der Waals surface area contributed by atoms with Crippen molar-refractivity contribution in [1.82, 2.24) is 0 Å². The molecule has 1 aromatic carbocycles. The zero-order valence-corrected chi connectivity index (χ0v) is 12.1. The molecule has 0 spiro atoms. The van der Waals surface area contributed by atoms with Crippen LogP contribution in [0.3, 0.4) is 0 Å². The quantitative estimate of drug-likeness (QED) is 0.868. The van der Waals surface area contributed by atoms with E-state index in [0.29, 0.717) is 23.8 Å². The van der Waals surface area contributed by atoms with Crippen molar-refractivity contribution in [2.75, 3.05) is 6.61 Å². The second-order valence-corrected chi connectivity index (χ2v) is 5.72. The minimum atomic E-state index is -0.467. The molecule has 1 aliphatic rings. The van der Waals surface area contributed by atoms with Gasteiger partial charge in [0, 0.05) is 6.04 Å². The third-order valence-corrected chi connectivity index (χ3v) is 3.99. The standard InChI is InChI=1S/C16H24N2O2/c1-11(17)13-7-8-15(14(9-13)16(18)19)20-10-12-5-3-2-4-6-12/h7-9,11-12H,2-6,10,17H2,1H3,(H2,18,19). The molecule has 0 aromatic heterocycles. The number of carbonyl (C=O) groups is 1. The fourth-order valence-corrected chi connectivity index (χ4v) is 2.71. The molecule has 110 valence electrons. The first kappa shape index (κ1) is 14.9. The summed E-state index contributed by atoms with van der Waals surface area (Å²) in [6.07, 6.45) is 6.31. The lowest BCUT2D eigenvalue weighted by atomic mass is 9.90. The van der Waals surface area contributed by atoms with E-state index in [2.05, 4.69) is 0 Å². The van der Waals surface area contributed by atoms with Gasteiger partial charge < -0.3 is 16.2 Å². The van der Waals surface area contributed by atoms with E-state index in [4.69, 9.17) is 16.2 Å². The Morgan fingerprint density at radius 3 is 2.65 bits per heavy atom. The van der Waals surface area contributed by atoms with Crippen molar-refractivity contribution in [3.63, 3.8) is 0 Å². The summed E-state index contributed by atoms with van der Waals surface area (Å²) < 4.78 is 5.83. The molecular weight excluding hydrogens is 252 g/mol. The molecule has 4 heteroatoms. The molecule has 2 rings (SSSR count). The number of hydrogen-bond donors (Lipinski definition) is 2. The Labute approximate surface area is 120 Å². The van der Waals surface area contributed by atoms with Crippen LogP contribution in [0.15, 0.2) is 18.2 Å². The smallest absolute Gasteiger partial charge is 0.252 e. The Balaban J connectivity index is 2.07. The lowest BCUT2D eigenvalue weighted by Gasteiger charge is -2.22. The lowest BCUT2D eigenvalue weighted by molar-refractivity contribution is 0.0994. The minimum Gasteiger partial charge on any atom is -0.492 e. The van der Waals surface area contributed by atoms with Crippen LogP contribution in [-0.2, 0) is 0 Å². The third-order valence-electron chi connectivity index (χ3n) is 3.99. The van der Waals surface area contributed by atoms with Crippen LogP contribution >= 0.6 is 0 Å². The number of rotatable bonds is 5. The van der Waals surface area contributed by atoms with Crippen LogP contribution in [0.2, 0.25) is 0 Å². The molecule has 1 aromatic rings. The fourth-order valence-electron chi connectivity index (χ4n) is 2.71. The van der Waals surface area contributed by atoms with E-state index in [-0.39, 0.29) is 6.04 Å². The van der Waals surface area contributed by atoms with Gasteiger partial charge in [0.25, 0.3) is 5.91 Å². The van der Waals surface area contributed by atoms with Crippen LogP contribution in [0.5, 0.6) is 5.75 Å². The number of nitrogens with two attached hydrogens (primary N) is 2. The van der Waals surface area contributed by atoms with Crippen molar-refractivity contribution < 1.29 is 9.53 Å². The van der Waals surface area contributed by atoms with E-state index in [1.165, 1.54) is 32.1 Å². The molecule has 0 saturated heterocycles. The molecule has 4 nitrogen and oxygen atoms in total. The Bertz CT molecular complexity index is 466. The minimum absolute atomic E-state index is 0.125. The predicted octanol–water partition coefficient (Wildman–Crippen LogP) is 2.76. The highest BCUT2D eigenvalue weighted by molar-refractivity contribution is 5.95. The van der Waals surface area contributed by atoms with Crippen molar-refractivity contribution in [3.05, 3.63) is 29.3 Å². The topological polar surface area (TPSA) is 78.3 Å². The molecule has 1 amide bonds. The van der Waals surface area contributed by atoms with E-state index >= 15 is 0 Å². The number of hydrogen-bond acceptors (Lipinski definition) is 3. The lowest BCUT2D eigenvalue weighted by Crippen LogP contribution is -2.19. The summed E-state index contributed by atoms with van der Waals surface area (Å²) in [5, 5.41) is 0. The maximum absolute atomic E-state index is 11.5. The van der Waals surface area contributed by atoms with Gasteiger partial charge >= 0.3 is 0 Å². The van der Waals surface area contributed by atoms with Crippen LogP contribution < -0.4 is 16.2 Å². The fraction of sp³-hybridized carbons (Fsp3) is 0.562. The molecular formula is C16H24N2O2. The van der Waals surface area contributed by atoms with Gasteiger partial charge in [0.2, 0.25) is 0 Å². The monoisotopic (exact) mass is 276 g/mol. The van der Waals surface area contributed by atoms with Crippen molar-refractivity contribution in [2.45, 2.75) is 45.1 Å². The van der Waals surface area contributed by atoms with E-state index in [1.54, 1.807) is 6.07 Å². The molecule has 0 radical (unpaired) electrons. The van der Waals surface area contributed by atoms with Crippen LogP contribution in [-0.4, -0.2) is 12.5 Å². The highest BCUT2D eigenvalue weighted by atomic mass is 16.5. The normalized spacial score (nSPS) is 17.7. The summed E-state index contributed by atoms with van der Waals surface area (Å²) in [4.78, 5) is 11.5. The van der Waals surface area contributed by atoms with Crippen LogP contribution in [0.1, 0.15) is 61.0 Å². The van der Waals surface area contributed by atoms with E-state index in [1.807, 2.05) is 19.1 Å². The number of primary amides is 1. The molecule has 0 heterocycles. The highest BCUT2D eigenvalue weighted by Crippen LogP contribution is 2.27. The van der Waals surface area contributed by atoms with E-state index in [0.717, 1.165) is 5.56 Å². The van der Waals surface area contributed by atoms with Crippen molar-refractivity contribution in [2.24, 2.45) is 17.4 Å². The number of benzene rings is 1. The summed E-state index contributed by atoms with van der Waals surface area (Å²) in [7, 11) is 0. The molecule has 1 saturated carbocycles. The van der Waals surface area contributed by atoms with Gasteiger partial charge in [-0.1, -0.05) is 25.3 Å². The highest BCUT2D eigenvalue weighted by Gasteiger charge is 2.17. The van der Waals surface area contributed by atoms with Crippen LogP contribution in [0.4, 0.5) is 0 Å². The Morgan fingerprint density at radius 1 is 1.35 bits per heavy atom. The Hall–Kier alpha value is -1.55. The number of carbonyl (C=O) groups excluding carboxylic acids is 1. The van der Waals surface area contributed by atoms with Crippen molar-refractivity contribution in [1.29, 1.82) is 0 Å². The Morgan fingerprint density at radius 2 is 2.05 bits per heavy atom. The zero-order chi connectivity index (χ0) is 14.5. The molecule has 1 unspecified atom stereocenters. The first-order chi connectivity index (χ1) is 9.58. The second-order valence-electron chi connectivity index (χ2n) is 5.72. The average Bonchev–Trinajstić information content (AvgIpc) is 2.45. The average molecular weight is 276 g/mol. The van der Waals surface area contributed by atoms with Crippen LogP contribution in [0.25, 0.3) is 0 Å². The predicted molar refractivity (Wildman–Crippen MR) is 79.6 cm³/mol. The largest absolute Gasteiger partial charge is 0.492 e. The van der Waals surface area contributed by atoms with Gasteiger partial charge in [-0.2, -0.15) is 0 Å². The van der Waals surface area contributed by atoms with Gasteiger partial charge in [0.15, 0.2) is 0 Å². The molecule has 0 aliphatic heterocycles. The summed E-state index contributed by atoms with van der Waals surface area (Å²) in [6.45, 7) is 2.54. The maximum atomic E-state index is 11.5. The third kappa shape index (κ3) is 3.73. The first-order valence-corrected chi connectivity index (χ1v) is 7.40. The van der Waals surface area contributed by atoms with Gasteiger partial charge in [-0.15, -0.1) is 0 Å². The van der Waals surface area contributed by atoms with Gasteiger partial charge in [-0.3, -0.25) is 4.79 Å². The van der Waals surface area contributed by atoms with Gasteiger partial charge in [0.05, 0.1) is 12.2 Å².